The lowest BCUT2D eigenvalue weighted by atomic mass is 10.2. The lowest BCUT2D eigenvalue weighted by Gasteiger charge is -1.99. The van der Waals surface area contributed by atoms with Crippen LogP contribution in [0.2, 0.25) is 0 Å². The van der Waals surface area contributed by atoms with Crippen LogP contribution < -0.4 is 5.32 Å². The van der Waals surface area contributed by atoms with E-state index < -0.39 is 11.9 Å². The summed E-state index contributed by atoms with van der Waals surface area (Å²) in [4.78, 5) is 14.4. The zero-order chi connectivity index (χ0) is 9.68. The highest BCUT2D eigenvalue weighted by Gasteiger charge is 2.04. The third-order valence-electron chi connectivity index (χ3n) is 1.32. The van der Waals surface area contributed by atoms with E-state index in [4.69, 9.17) is 5.26 Å². The molecule has 0 unspecified atom stereocenters. The van der Waals surface area contributed by atoms with Gasteiger partial charge in [-0.1, -0.05) is 0 Å². The molecule has 0 saturated heterocycles. The highest BCUT2D eigenvalue weighted by atomic mass is 19.1. The van der Waals surface area contributed by atoms with Gasteiger partial charge in [0, 0.05) is 17.8 Å². The van der Waals surface area contributed by atoms with Gasteiger partial charge in [-0.3, -0.25) is 4.79 Å². The van der Waals surface area contributed by atoms with E-state index in [0.717, 1.165) is 6.07 Å². The van der Waals surface area contributed by atoms with E-state index in [0.29, 0.717) is 0 Å². The van der Waals surface area contributed by atoms with Crippen molar-refractivity contribution in [1.82, 2.24) is 10.3 Å². The summed E-state index contributed by atoms with van der Waals surface area (Å²) in [5, 5.41) is 10.4. The summed E-state index contributed by atoms with van der Waals surface area (Å²) in [5.41, 5.74) is 0.155. The maximum absolute atomic E-state index is 12.5. The molecule has 1 aromatic rings. The molecule has 1 heterocycles. The van der Waals surface area contributed by atoms with Crippen molar-refractivity contribution in [2.75, 3.05) is 6.54 Å². The number of rotatable bonds is 2. The minimum Gasteiger partial charge on any atom is -0.339 e. The van der Waals surface area contributed by atoms with Crippen LogP contribution in [-0.4, -0.2) is 17.4 Å². The van der Waals surface area contributed by atoms with Crippen molar-refractivity contribution in [1.29, 1.82) is 5.26 Å². The lowest BCUT2D eigenvalue weighted by Crippen LogP contribution is -2.23. The molecule has 1 amide bonds. The van der Waals surface area contributed by atoms with E-state index in [1.807, 2.05) is 0 Å². The van der Waals surface area contributed by atoms with Crippen LogP contribution in [0.25, 0.3) is 0 Å². The number of carbonyl (C=O) groups is 1. The Bertz CT molecular complexity index is 359. The van der Waals surface area contributed by atoms with E-state index in [1.165, 1.54) is 12.3 Å². The summed E-state index contributed by atoms with van der Waals surface area (Å²) >= 11 is 0. The normalized spacial score (nSPS) is 8.92. The Morgan fingerprint density at radius 3 is 3.15 bits per heavy atom. The minimum atomic E-state index is -0.718. The van der Waals surface area contributed by atoms with E-state index in [-0.39, 0.29) is 12.1 Å². The van der Waals surface area contributed by atoms with Gasteiger partial charge in [0.05, 0.1) is 6.07 Å². The van der Waals surface area contributed by atoms with Crippen LogP contribution in [0, 0.1) is 17.3 Å². The summed E-state index contributed by atoms with van der Waals surface area (Å²) < 4.78 is 12.5. The van der Waals surface area contributed by atoms with Gasteiger partial charge in [0.1, 0.15) is 6.54 Å². The number of hydrogen-bond donors (Lipinski definition) is 1. The van der Waals surface area contributed by atoms with Gasteiger partial charge >= 0.3 is 0 Å². The molecule has 0 saturated carbocycles. The number of nitrogens with one attached hydrogen (secondary N) is 1. The fourth-order valence-electron chi connectivity index (χ4n) is 0.766. The number of pyridine rings is 1. The zero-order valence-electron chi connectivity index (χ0n) is 6.62. The molecule has 5 heteroatoms. The van der Waals surface area contributed by atoms with Crippen molar-refractivity contribution >= 4 is 5.91 Å². The molecule has 4 nitrogen and oxygen atoms in total. The Kier molecular flexibility index (Phi) is 2.92. The standard InChI is InChI=1S/C8H6FN3O/c9-7-5-6(1-3-11-7)8(13)12-4-2-10/h1,3,5H,4H2,(H,12,13). The van der Waals surface area contributed by atoms with Crippen LogP contribution >= 0.6 is 0 Å². The van der Waals surface area contributed by atoms with Crippen molar-refractivity contribution < 1.29 is 9.18 Å². The number of halogens is 1. The van der Waals surface area contributed by atoms with Gasteiger partial charge in [0.25, 0.3) is 5.91 Å². The van der Waals surface area contributed by atoms with Crippen molar-refractivity contribution in [3.63, 3.8) is 0 Å². The lowest BCUT2D eigenvalue weighted by molar-refractivity contribution is 0.0958. The SMILES string of the molecule is N#CCNC(=O)c1ccnc(F)c1. The summed E-state index contributed by atoms with van der Waals surface area (Å²) in [6.07, 6.45) is 1.19. The number of hydrogen-bond acceptors (Lipinski definition) is 3. The predicted molar refractivity (Wildman–Crippen MR) is 42.1 cm³/mol. The Balaban J connectivity index is 2.72. The predicted octanol–water partition coefficient (Wildman–Crippen LogP) is 0.474. The summed E-state index contributed by atoms with van der Waals surface area (Å²) in [6.45, 7) is -0.0945. The number of aromatic nitrogens is 1. The topological polar surface area (TPSA) is 65.8 Å². The monoisotopic (exact) mass is 179 g/mol. The maximum Gasteiger partial charge on any atom is 0.252 e. The first-order valence-electron chi connectivity index (χ1n) is 3.50. The smallest absolute Gasteiger partial charge is 0.252 e. The number of nitrogens with zero attached hydrogens (tertiary/aromatic N) is 2. The molecule has 13 heavy (non-hydrogen) atoms. The number of nitriles is 1. The average molecular weight is 179 g/mol. The van der Waals surface area contributed by atoms with E-state index in [2.05, 4.69) is 10.3 Å². The maximum atomic E-state index is 12.5. The van der Waals surface area contributed by atoms with Crippen LogP contribution in [-0.2, 0) is 0 Å². The molecular weight excluding hydrogens is 173 g/mol. The molecule has 0 fully saturated rings. The quantitative estimate of drug-likeness (QED) is 0.530. The molecule has 1 aromatic heterocycles. The molecule has 0 aliphatic heterocycles. The number of carbonyl (C=O) groups excluding carboxylic acids is 1. The van der Waals surface area contributed by atoms with Gasteiger partial charge in [-0.25, -0.2) is 4.98 Å². The highest BCUT2D eigenvalue weighted by molar-refractivity contribution is 5.94. The van der Waals surface area contributed by atoms with Crippen LogP contribution in [0.1, 0.15) is 10.4 Å². The van der Waals surface area contributed by atoms with Crippen molar-refractivity contribution in [2.24, 2.45) is 0 Å². The molecule has 0 aliphatic carbocycles. The molecule has 66 valence electrons. The van der Waals surface area contributed by atoms with Crippen molar-refractivity contribution in [3.05, 3.63) is 29.8 Å². The van der Waals surface area contributed by atoms with Crippen LogP contribution in [0.3, 0.4) is 0 Å². The third kappa shape index (κ3) is 2.52. The largest absolute Gasteiger partial charge is 0.339 e. The van der Waals surface area contributed by atoms with Gasteiger partial charge in [-0.2, -0.15) is 9.65 Å². The van der Waals surface area contributed by atoms with E-state index in [9.17, 15) is 9.18 Å². The van der Waals surface area contributed by atoms with Crippen molar-refractivity contribution in [2.45, 2.75) is 0 Å². The van der Waals surface area contributed by atoms with Crippen LogP contribution in [0.4, 0.5) is 4.39 Å². The average Bonchev–Trinajstić information content (AvgIpc) is 2.14. The van der Waals surface area contributed by atoms with Crippen LogP contribution in [0.5, 0.6) is 0 Å². The molecule has 0 spiro atoms. The first-order valence-corrected chi connectivity index (χ1v) is 3.50. The molecular formula is C8H6FN3O. The van der Waals surface area contributed by atoms with Gasteiger partial charge in [0.15, 0.2) is 0 Å². The van der Waals surface area contributed by atoms with Gasteiger partial charge in [-0.15, -0.1) is 0 Å². The first kappa shape index (κ1) is 9.13. The van der Waals surface area contributed by atoms with Gasteiger partial charge < -0.3 is 5.32 Å². The fourth-order valence-corrected chi connectivity index (χ4v) is 0.766. The zero-order valence-corrected chi connectivity index (χ0v) is 6.62. The van der Waals surface area contributed by atoms with E-state index >= 15 is 0 Å². The molecule has 0 aliphatic rings. The van der Waals surface area contributed by atoms with E-state index in [1.54, 1.807) is 6.07 Å². The molecule has 0 radical (unpaired) electrons. The Labute approximate surface area is 74.0 Å². The van der Waals surface area contributed by atoms with Gasteiger partial charge in [-0.05, 0) is 6.07 Å². The Morgan fingerprint density at radius 1 is 1.77 bits per heavy atom. The fraction of sp³-hybridized carbons (Fsp3) is 0.125. The molecule has 0 bridgehead atoms. The second kappa shape index (κ2) is 4.16. The summed E-state index contributed by atoms with van der Waals surface area (Å²) in [7, 11) is 0. The summed E-state index contributed by atoms with van der Waals surface area (Å²) in [5.74, 6) is -1.20. The number of amides is 1. The second-order valence-corrected chi connectivity index (χ2v) is 2.21. The third-order valence-corrected chi connectivity index (χ3v) is 1.32. The molecule has 0 aromatic carbocycles. The summed E-state index contributed by atoms with van der Waals surface area (Å²) in [6, 6.07) is 4.12. The highest BCUT2D eigenvalue weighted by Crippen LogP contribution is 1.99. The van der Waals surface area contributed by atoms with Gasteiger partial charge in [0.2, 0.25) is 5.95 Å². The first-order chi connectivity index (χ1) is 6.24. The molecule has 1 rings (SSSR count). The second-order valence-electron chi connectivity index (χ2n) is 2.21. The molecule has 1 N–H and O–H groups in total. The molecule has 0 atom stereocenters. The Morgan fingerprint density at radius 2 is 2.54 bits per heavy atom. The van der Waals surface area contributed by atoms with Crippen molar-refractivity contribution in [3.8, 4) is 6.07 Å². The Hall–Kier alpha value is -1.96. The van der Waals surface area contributed by atoms with Crippen LogP contribution in [0.15, 0.2) is 18.3 Å². The minimum absolute atomic E-state index is 0.0945.